The number of nitrogens with zero attached hydrogens (tertiary/aromatic N) is 1. The zero-order valence-electron chi connectivity index (χ0n) is 12.7. The molecule has 0 bridgehead atoms. The summed E-state index contributed by atoms with van der Waals surface area (Å²) in [4.78, 5) is 13.9. The standard InChI is InChI=1S/C17H15F3N2OS/c18-17(19,20)13-7-3-1-6-12(13)10-21-22-16(23)15-9-11-5-2-4-8-14(11)24-15/h1,3,6-7,9-10H,2,4-5,8H2,(H,22,23). The molecular formula is C17H15F3N2OS. The maximum absolute atomic E-state index is 12.9. The zero-order valence-corrected chi connectivity index (χ0v) is 13.5. The van der Waals surface area contributed by atoms with Gasteiger partial charge in [0.2, 0.25) is 0 Å². The van der Waals surface area contributed by atoms with Crippen molar-refractivity contribution < 1.29 is 18.0 Å². The lowest BCUT2D eigenvalue weighted by molar-refractivity contribution is -0.137. The second-order valence-corrected chi connectivity index (χ2v) is 6.69. The Morgan fingerprint density at radius 3 is 2.71 bits per heavy atom. The zero-order chi connectivity index (χ0) is 17.2. The van der Waals surface area contributed by atoms with E-state index >= 15 is 0 Å². The van der Waals surface area contributed by atoms with E-state index in [1.165, 1.54) is 40.0 Å². The Balaban J connectivity index is 1.71. The number of rotatable bonds is 3. The Labute approximate surface area is 141 Å². The molecule has 1 aliphatic rings. The van der Waals surface area contributed by atoms with Gasteiger partial charge in [-0.15, -0.1) is 11.3 Å². The highest BCUT2D eigenvalue weighted by molar-refractivity contribution is 7.14. The molecule has 7 heteroatoms. The first-order valence-corrected chi connectivity index (χ1v) is 8.38. The van der Waals surface area contributed by atoms with Crippen LogP contribution in [0.25, 0.3) is 0 Å². The summed E-state index contributed by atoms with van der Waals surface area (Å²) in [6.45, 7) is 0. The molecule has 2 aromatic rings. The summed E-state index contributed by atoms with van der Waals surface area (Å²) in [6, 6.07) is 6.95. The first kappa shape index (κ1) is 16.7. The van der Waals surface area contributed by atoms with E-state index < -0.39 is 17.6 Å². The number of carbonyl (C=O) groups is 1. The van der Waals surface area contributed by atoms with Crippen molar-refractivity contribution in [1.29, 1.82) is 0 Å². The maximum Gasteiger partial charge on any atom is 0.417 e. The largest absolute Gasteiger partial charge is 0.417 e. The fourth-order valence-electron chi connectivity index (χ4n) is 2.69. The molecule has 0 saturated heterocycles. The van der Waals surface area contributed by atoms with Crippen LogP contribution in [0.15, 0.2) is 35.4 Å². The van der Waals surface area contributed by atoms with Crippen molar-refractivity contribution in [2.24, 2.45) is 5.10 Å². The van der Waals surface area contributed by atoms with Gasteiger partial charge in [0.1, 0.15) is 0 Å². The third-order valence-electron chi connectivity index (χ3n) is 3.86. The molecular weight excluding hydrogens is 337 g/mol. The summed E-state index contributed by atoms with van der Waals surface area (Å²) < 4.78 is 38.6. The van der Waals surface area contributed by atoms with Gasteiger partial charge >= 0.3 is 6.18 Å². The fourth-order valence-corrected chi connectivity index (χ4v) is 3.83. The average molecular weight is 352 g/mol. The van der Waals surface area contributed by atoms with Crippen LogP contribution >= 0.6 is 11.3 Å². The Kier molecular flexibility index (Phi) is 4.71. The van der Waals surface area contributed by atoms with Crippen molar-refractivity contribution in [2.75, 3.05) is 0 Å². The number of benzene rings is 1. The number of amides is 1. The Morgan fingerprint density at radius 1 is 1.21 bits per heavy atom. The molecule has 1 N–H and O–H groups in total. The van der Waals surface area contributed by atoms with Gasteiger partial charge in [-0.25, -0.2) is 5.43 Å². The van der Waals surface area contributed by atoms with E-state index in [0.29, 0.717) is 4.88 Å². The van der Waals surface area contributed by atoms with Gasteiger partial charge in [0, 0.05) is 10.4 Å². The topological polar surface area (TPSA) is 41.5 Å². The second-order valence-electron chi connectivity index (χ2n) is 5.55. The van der Waals surface area contributed by atoms with Crippen LogP contribution < -0.4 is 5.43 Å². The predicted octanol–water partition coefficient (Wildman–Crippen LogP) is 4.41. The number of hydrogen-bond acceptors (Lipinski definition) is 3. The van der Waals surface area contributed by atoms with Crippen LogP contribution in [0.4, 0.5) is 13.2 Å². The summed E-state index contributed by atoms with van der Waals surface area (Å²) in [5, 5.41) is 3.68. The minimum Gasteiger partial charge on any atom is -0.266 e. The highest BCUT2D eigenvalue weighted by atomic mass is 32.1. The fraction of sp³-hybridized carbons (Fsp3) is 0.294. The summed E-state index contributed by atoms with van der Waals surface area (Å²) in [5.74, 6) is -0.393. The third kappa shape index (κ3) is 3.67. The molecule has 0 aliphatic heterocycles. The van der Waals surface area contributed by atoms with E-state index in [1.54, 1.807) is 0 Å². The van der Waals surface area contributed by atoms with Crippen LogP contribution in [0, 0.1) is 0 Å². The van der Waals surface area contributed by atoms with E-state index in [9.17, 15) is 18.0 Å². The average Bonchev–Trinajstić information content (AvgIpc) is 2.98. The minimum absolute atomic E-state index is 0.0872. The van der Waals surface area contributed by atoms with Crippen LogP contribution in [0.1, 0.15) is 44.1 Å². The smallest absolute Gasteiger partial charge is 0.266 e. The molecule has 1 aromatic carbocycles. The normalized spacial score (nSPS) is 14.6. The van der Waals surface area contributed by atoms with Gasteiger partial charge in [-0.1, -0.05) is 18.2 Å². The van der Waals surface area contributed by atoms with E-state index in [0.717, 1.165) is 38.0 Å². The number of hydrogen-bond donors (Lipinski definition) is 1. The molecule has 1 heterocycles. The van der Waals surface area contributed by atoms with Crippen LogP contribution in [0.3, 0.4) is 0 Å². The molecule has 0 saturated carbocycles. The number of thiophene rings is 1. The van der Waals surface area contributed by atoms with Gasteiger partial charge < -0.3 is 0 Å². The van der Waals surface area contributed by atoms with Crippen LogP contribution in [0.2, 0.25) is 0 Å². The monoisotopic (exact) mass is 352 g/mol. The Bertz CT molecular complexity index is 757. The van der Waals surface area contributed by atoms with Gasteiger partial charge in [0.25, 0.3) is 5.91 Å². The molecule has 0 fully saturated rings. The number of carbonyl (C=O) groups excluding carboxylic acids is 1. The molecule has 1 aromatic heterocycles. The number of halogens is 3. The Morgan fingerprint density at radius 2 is 1.96 bits per heavy atom. The Hall–Kier alpha value is -2.15. The van der Waals surface area contributed by atoms with Gasteiger partial charge in [-0.3, -0.25) is 4.79 Å². The highest BCUT2D eigenvalue weighted by Crippen LogP contribution is 2.31. The van der Waals surface area contributed by atoms with E-state index in [4.69, 9.17) is 0 Å². The number of alkyl halides is 3. The lowest BCUT2D eigenvalue weighted by Crippen LogP contribution is -2.17. The SMILES string of the molecule is O=C(NN=Cc1ccccc1C(F)(F)F)c1cc2c(s1)CCCC2. The minimum atomic E-state index is -4.46. The van der Waals surface area contributed by atoms with Crippen molar-refractivity contribution in [2.45, 2.75) is 31.9 Å². The molecule has 126 valence electrons. The number of hydrazone groups is 1. The van der Waals surface area contributed by atoms with Gasteiger partial charge in [-0.05, 0) is 43.4 Å². The first-order chi connectivity index (χ1) is 11.4. The molecule has 24 heavy (non-hydrogen) atoms. The molecule has 0 unspecified atom stereocenters. The summed E-state index contributed by atoms with van der Waals surface area (Å²) in [7, 11) is 0. The molecule has 0 radical (unpaired) electrons. The van der Waals surface area contributed by atoms with Crippen molar-refractivity contribution in [1.82, 2.24) is 5.43 Å². The number of aryl methyl sites for hydroxylation is 2. The molecule has 3 nitrogen and oxygen atoms in total. The molecule has 1 amide bonds. The van der Waals surface area contributed by atoms with Crippen molar-refractivity contribution >= 4 is 23.5 Å². The van der Waals surface area contributed by atoms with E-state index in [2.05, 4.69) is 10.5 Å². The van der Waals surface area contributed by atoms with Gasteiger partial charge in [-0.2, -0.15) is 18.3 Å². The second kappa shape index (κ2) is 6.76. The number of nitrogens with one attached hydrogen (secondary N) is 1. The van der Waals surface area contributed by atoms with Gasteiger partial charge in [0.05, 0.1) is 16.7 Å². The lowest BCUT2D eigenvalue weighted by atomic mass is 9.99. The van der Waals surface area contributed by atoms with E-state index in [-0.39, 0.29) is 5.56 Å². The van der Waals surface area contributed by atoms with Crippen molar-refractivity contribution in [3.63, 3.8) is 0 Å². The quantitative estimate of drug-likeness (QED) is 0.645. The highest BCUT2D eigenvalue weighted by Gasteiger charge is 2.32. The summed E-state index contributed by atoms with van der Waals surface area (Å²) in [6.07, 6.45) is 0.767. The third-order valence-corrected chi connectivity index (χ3v) is 5.09. The molecule has 0 atom stereocenters. The summed E-state index contributed by atoms with van der Waals surface area (Å²) >= 11 is 1.43. The number of fused-ring (bicyclic) bond motifs is 1. The predicted molar refractivity (Wildman–Crippen MR) is 87.5 cm³/mol. The van der Waals surface area contributed by atoms with Crippen LogP contribution in [0.5, 0.6) is 0 Å². The summed E-state index contributed by atoms with van der Waals surface area (Å²) in [5.41, 5.74) is 2.64. The molecule has 3 rings (SSSR count). The van der Waals surface area contributed by atoms with Crippen molar-refractivity contribution in [3.8, 4) is 0 Å². The maximum atomic E-state index is 12.9. The van der Waals surface area contributed by atoms with Gasteiger partial charge in [0.15, 0.2) is 0 Å². The molecule has 1 aliphatic carbocycles. The van der Waals surface area contributed by atoms with Crippen molar-refractivity contribution in [3.05, 3.63) is 56.8 Å². The molecule has 0 spiro atoms. The first-order valence-electron chi connectivity index (χ1n) is 7.56. The van der Waals surface area contributed by atoms with Crippen LogP contribution in [-0.2, 0) is 19.0 Å². The van der Waals surface area contributed by atoms with Crippen LogP contribution in [-0.4, -0.2) is 12.1 Å². The van der Waals surface area contributed by atoms with E-state index in [1.807, 2.05) is 6.07 Å². The lowest BCUT2D eigenvalue weighted by Gasteiger charge is -2.09.